The Morgan fingerprint density at radius 3 is 1.61 bits per heavy atom. The van der Waals surface area contributed by atoms with Crippen LogP contribution < -0.4 is 0 Å². The number of benzene rings is 2. The van der Waals surface area contributed by atoms with Gasteiger partial charge in [0.15, 0.2) is 0 Å². The molecule has 2 aliphatic heterocycles. The van der Waals surface area contributed by atoms with Crippen molar-refractivity contribution in [3.05, 3.63) is 115 Å². The maximum Gasteiger partial charge on any atom is 0.338 e. The molecule has 312 valence electrons. The van der Waals surface area contributed by atoms with E-state index in [4.69, 9.17) is 20.3 Å². The van der Waals surface area contributed by atoms with Gasteiger partial charge in [0.2, 0.25) is 0 Å². The largest absolute Gasteiger partial charge is 0.465 e. The summed E-state index contributed by atoms with van der Waals surface area (Å²) in [5.41, 5.74) is 2.08. The molecule has 17 heteroatoms. The van der Waals surface area contributed by atoms with Crippen LogP contribution in [0.1, 0.15) is 82.9 Å². The van der Waals surface area contributed by atoms with Crippen LogP contribution in [0.25, 0.3) is 0 Å². The van der Waals surface area contributed by atoms with Crippen LogP contribution in [0.4, 0.5) is 8.78 Å². The van der Waals surface area contributed by atoms with E-state index < -0.39 is 29.6 Å². The van der Waals surface area contributed by atoms with Crippen molar-refractivity contribution < 1.29 is 53.4 Å². The number of esters is 2. The second-order valence-corrected chi connectivity index (χ2v) is 13.9. The molecular weight excluding hydrogens is 878 g/mol. The molecule has 0 saturated heterocycles. The topological polar surface area (TPSA) is 142 Å². The number of amides is 2. The predicted octanol–water partition coefficient (Wildman–Crippen LogP) is 7.31. The van der Waals surface area contributed by atoms with Crippen molar-refractivity contribution in [2.24, 2.45) is 0 Å². The van der Waals surface area contributed by atoms with E-state index in [0.29, 0.717) is 42.5 Å². The summed E-state index contributed by atoms with van der Waals surface area (Å²) in [6.45, 7) is 3.32. The fourth-order valence-electron chi connectivity index (χ4n) is 6.23. The Morgan fingerprint density at radius 1 is 0.789 bits per heavy atom. The molecule has 4 heterocycles. The second kappa shape index (κ2) is 22.5. The molecule has 0 unspecified atom stereocenters. The fourth-order valence-corrected chi connectivity index (χ4v) is 7.15. The van der Waals surface area contributed by atoms with E-state index in [9.17, 15) is 33.1 Å². The second-order valence-electron chi connectivity index (χ2n) is 12.1. The molecule has 2 aromatic carbocycles. The summed E-state index contributed by atoms with van der Waals surface area (Å²) in [4.78, 5) is 52.9. The maximum absolute atomic E-state index is 13.8. The lowest BCUT2D eigenvalue weighted by atomic mass is 10.0. The van der Waals surface area contributed by atoms with Crippen LogP contribution in [0.5, 0.6) is 0 Å². The highest BCUT2D eigenvalue weighted by atomic mass is 79.9. The van der Waals surface area contributed by atoms with E-state index in [0.717, 1.165) is 8.95 Å². The Hall–Kier alpha value is -4.42. The van der Waals surface area contributed by atoms with Crippen molar-refractivity contribution in [2.45, 2.75) is 66.9 Å². The predicted molar refractivity (Wildman–Crippen MR) is 217 cm³/mol. The normalized spacial score (nSPS) is 15.6. The van der Waals surface area contributed by atoms with Crippen molar-refractivity contribution in [3.63, 3.8) is 0 Å². The Bertz CT molecular complexity index is 2030. The van der Waals surface area contributed by atoms with Gasteiger partial charge in [-0.1, -0.05) is 28.7 Å². The SMILES string of the molecule is C.C.COC(=O)c1ccc(F)cc1CN1C(=O)c2cc(Br)cn2C[C@@H]1CO.COCOC[C@H]1Cn2cc(Br)cc2C(=O)N1Cc1cc(F)ccc1C(=O)OC.[2H]CC. The molecule has 0 saturated carbocycles. The molecule has 0 spiro atoms. The summed E-state index contributed by atoms with van der Waals surface area (Å²) in [7, 11) is 4.01. The van der Waals surface area contributed by atoms with E-state index >= 15 is 0 Å². The third kappa shape index (κ3) is 11.6. The lowest BCUT2D eigenvalue weighted by Gasteiger charge is -2.36. The highest BCUT2D eigenvalue weighted by Crippen LogP contribution is 2.28. The van der Waals surface area contributed by atoms with E-state index in [1.807, 2.05) is 10.8 Å². The Kier molecular flexibility index (Phi) is 18.5. The smallest absolute Gasteiger partial charge is 0.338 e. The first-order valence-electron chi connectivity index (χ1n) is 17.5. The summed E-state index contributed by atoms with van der Waals surface area (Å²) in [6, 6.07) is 10.1. The number of aromatic nitrogens is 2. The summed E-state index contributed by atoms with van der Waals surface area (Å²) in [5.74, 6) is -2.73. The van der Waals surface area contributed by atoms with Gasteiger partial charge in [-0.15, -0.1) is 0 Å². The number of fused-ring (bicyclic) bond motifs is 2. The van der Waals surface area contributed by atoms with E-state index in [2.05, 4.69) is 31.9 Å². The first-order chi connectivity index (χ1) is 26.8. The lowest BCUT2D eigenvalue weighted by molar-refractivity contribution is -0.0536. The number of ether oxygens (including phenoxy) is 4. The zero-order chi connectivity index (χ0) is 41.1. The van der Waals surface area contributed by atoms with Gasteiger partial charge in [0.25, 0.3) is 11.8 Å². The number of hydrogen-bond acceptors (Lipinski definition) is 9. The minimum Gasteiger partial charge on any atom is -0.465 e. The number of aliphatic hydroxyl groups is 1. The van der Waals surface area contributed by atoms with Crippen LogP contribution >= 0.6 is 31.9 Å². The van der Waals surface area contributed by atoms with Crippen LogP contribution in [0, 0.1) is 11.6 Å². The van der Waals surface area contributed by atoms with Gasteiger partial charge in [-0.05, 0) is 91.5 Å². The van der Waals surface area contributed by atoms with E-state index in [1.165, 1.54) is 62.6 Å². The quantitative estimate of drug-likeness (QED) is 0.0932. The molecule has 2 aromatic heterocycles. The number of hydrogen-bond donors (Lipinski definition) is 1. The van der Waals surface area contributed by atoms with Crippen LogP contribution in [0.15, 0.2) is 69.9 Å². The van der Waals surface area contributed by atoms with Crippen molar-refractivity contribution >= 4 is 55.6 Å². The van der Waals surface area contributed by atoms with E-state index in [1.54, 1.807) is 34.7 Å². The van der Waals surface area contributed by atoms with Crippen LogP contribution in [0.3, 0.4) is 0 Å². The molecular formula is C40H50Br2F2N4O9. The van der Waals surface area contributed by atoms with Gasteiger partial charge in [-0.25, -0.2) is 18.4 Å². The van der Waals surface area contributed by atoms with Crippen molar-refractivity contribution in [1.29, 1.82) is 0 Å². The van der Waals surface area contributed by atoms with Gasteiger partial charge >= 0.3 is 11.9 Å². The number of rotatable bonds is 11. The Balaban J connectivity index is 0.000000365. The molecule has 13 nitrogen and oxygen atoms in total. The summed E-state index contributed by atoms with van der Waals surface area (Å²) < 4.78 is 58.8. The Morgan fingerprint density at radius 2 is 1.21 bits per heavy atom. The highest BCUT2D eigenvalue weighted by Gasteiger charge is 2.35. The molecule has 2 amide bonds. The number of halogens is 4. The first-order valence-corrected chi connectivity index (χ1v) is 18.4. The van der Waals surface area contributed by atoms with Gasteiger partial charge in [0.1, 0.15) is 29.8 Å². The molecule has 1 N–H and O–H groups in total. The van der Waals surface area contributed by atoms with Crippen molar-refractivity contribution in [2.75, 3.05) is 41.3 Å². The zero-order valence-electron chi connectivity index (χ0n) is 31.6. The number of nitrogens with zero attached hydrogens (tertiary/aromatic N) is 4. The Labute approximate surface area is 350 Å². The first kappa shape index (κ1) is 47.0. The monoisotopic (exact) mass is 927 g/mol. The van der Waals surface area contributed by atoms with Gasteiger partial charge in [0, 0.05) is 56.0 Å². The third-order valence-corrected chi connectivity index (χ3v) is 9.60. The minimum atomic E-state index is -0.605. The molecule has 0 radical (unpaired) electrons. The third-order valence-electron chi connectivity index (χ3n) is 8.73. The molecule has 4 aromatic rings. The van der Waals surface area contributed by atoms with Gasteiger partial charge < -0.3 is 43.0 Å². The molecule has 2 aliphatic rings. The molecule has 0 aliphatic carbocycles. The molecule has 57 heavy (non-hydrogen) atoms. The van der Waals surface area contributed by atoms with Gasteiger partial charge in [-0.2, -0.15) is 0 Å². The summed E-state index contributed by atoms with van der Waals surface area (Å²) >= 11 is 6.72. The summed E-state index contributed by atoms with van der Waals surface area (Å²) in [5, 5.41) is 9.68. The van der Waals surface area contributed by atoms with Crippen LogP contribution in [0.2, 0.25) is 0 Å². The maximum atomic E-state index is 13.8. The number of carbonyl (C=O) groups is 4. The summed E-state index contributed by atoms with van der Waals surface area (Å²) in [6.07, 6.45) is 3.60. The number of methoxy groups -OCH3 is 3. The zero-order valence-corrected chi connectivity index (χ0v) is 33.8. The molecule has 0 fully saturated rings. The molecule has 6 rings (SSSR count). The number of carbonyl (C=O) groups excluding carboxylic acids is 4. The van der Waals surface area contributed by atoms with Crippen LogP contribution in [-0.4, -0.2) is 101 Å². The van der Waals surface area contributed by atoms with Crippen LogP contribution in [-0.2, 0) is 45.1 Å². The fraction of sp³-hybridized carbons (Fsp3) is 0.400. The van der Waals surface area contributed by atoms with Crippen molar-refractivity contribution in [1.82, 2.24) is 18.9 Å². The van der Waals surface area contributed by atoms with Crippen molar-refractivity contribution in [3.8, 4) is 0 Å². The molecule has 0 bridgehead atoms. The standard InChI is InChI=1S/C19H20BrFN2O5.C17H16BrFN2O4.C2H6.2CH4/c1-26-11-28-10-15-9-22-8-13(20)6-17(22)18(24)23(15)7-12-5-14(21)3-4-16(12)19(25)27-2;1-25-17(24)14-3-2-12(19)4-10(14)6-21-13(9-22)8-20-7-11(18)5-15(20)16(21)23;1-2;;/h3-6,8,15H,7,9-11H2,1-2H3;2-5,7,13,22H,6,8-9H2,1H3;1-2H3;2*1H4/t15-;13-;;;/m11.../s1/i;;1D;;. The lowest BCUT2D eigenvalue weighted by Crippen LogP contribution is -2.49. The van der Waals surface area contributed by atoms with E-state index in [-0.39, 0.29) is 76.9 Å². The minimum absolute atomic E-state index is 0. The van der Waals surface area contributed by atoms with Gasteiger partial charge in [0.05, 0.1) is 50.6 Å². The highest BCUT2D eigenvalue weighted by molar-refractivity contribution is 9.10. The van der Waals surface area contributed by atoms with Gasteiger partial charge in [-0.3, -0.25) is 9.59 Å². The average Bonchev–Trinajstić information content (AvgIpc) is 3.75. The average molecular weight is 930 g/mol. The molecule has 2 atom stereocenters. The number of aliphatic hydroxyl groups excluding tert-OH is 1.